The lowest BCUT2D eigenvalue weighted by atomic mass is 10.0. The van der Waals surface area contributed by atoms with Crippen molar-refractivity contribution in [3.63, 3.8) is 0 Å². The van der Waals surface area contributed by atoms with Gasteiger partial charge in [-0.15, -0.1) is 0 Å². The monoisotopic (exact) mass is 346 g/mol. The van der Waals surface area contributed by atoms with Crippen molar-refractivity contribution >= 4 is 15.7 Å². The molecule has 5 nitrogen and oxygen atoms in total. The number of sulfonamides is 1. The highest BCUT2D eigenvalue weighted by Crippen LogP contribution is 2.33. The predicted octanol–water partition coefficient (Wildman–Crippen LogP) is 2.47. The maximum absolute atomic E-state index is 13.1. The molecule has 0 fully saturated rings. The van der Waals surface area contributed by atoms with Crippen LogP contribution in [0.25, 0.3) is 0 Å². The maximum Gasteiger partial charge on any atom is 0.264 e. The number of anilines is 1. The van der Waals surface area contributed by atoms with Gasteiger partial charge in [0.05, 0.1) is 17.7 Å². The Labute approximate surface area is 143 Å². The number of benzene rings is 2. The van der Waals surface area contributed by atoms with E-state index in [1.54, 1.807) is 31.4 Å². The fourth-order valence-electron chi connectivity index (χ4n) is 2.97. The number of methoxy groups -OCH3 is 1. The van der Waals surface area contributed by atoms with Gasteiger partial charge in [-0.3, -0.25) is 4.31 Å². The lowest BCUT2D eigenvalue weighted by Crippen LogP contribution is -2.33. The molecular weight excluding hydrogens is 324 g/mol. The summed E-state index contributed by atoms with van der Waals surface area (Å²) in [4.78, 5) is 0.297. The molecule has 2 aromatic carbocycles. The topological polar surface area (TPSA) is 72.6 Å². The first-order valence-corrected chi connectivity index (χ1v) is 9.38. The number of hydrogen-bond donors (Lipinski definition) is 1. The molecule has 1 unspecified atom stereocenters. The van der Waals surface area contributed by atoms with Gasteiger partial charge in [-0.1, -0.05) is 17.7 Å². The van der Waals surface area contributed by atoms with Crippen LogP contribution in [0.4, 0.5) is 5.69 Å². The van der Waals surface area contributed by atoms with Crippen molar-refractivity contribution in [2.24, 2.45) is 5.73 Å². The minimum absolute atomic E-state index is 0.0749. The summed E-state index contributed by atoms with van der Waals surface area (Å²) in [6.45, 7) is 2.31. The largest absolute Gasteiger partial charge is 0.497 e. The van der Waals surface area contributed by atoms with Gasteiger partial charge in [0.2, 0.25) is 0 Å². The Morgan fingerprint density at radius 3 is 2.54 bits per heavy atom. The van der Waals surface area contributed by atoms with E-state index in [4.69, 9.17) is 10.5 Å². The van der Waals surface area contributed by atoms with E-state index in [2.05, 4.69) is 0 Å². The summed E-state index contributed by atoms with van der Waals surface area (Å²) in [6, 6.07) is 12.3. The summed E-state index contributed by atoms with van der Waals surface area (Å²) < 4.78 is 33.0. The van der Waals surface area contributed by atoms with Crippen LogP contribution in [-0.4, -0.2) is 28.1 Å². The zero-order chi connectivity index (χ0) is 17.3. The van der Waals surface area contributed by atoms with Crippen LogP contribution in [0.1, 0.15) is 17.5 Å². The number of nitrogens with zero attached hydrogens (tertiary/aromatic N) is 1. The Bertz CT molecular complexity index is 832. The van der Waals surface area contributed by atoms with Crippen LogP contribution in [0, 0.1) is 6.92 Å². The molecule has 2 aromatic rings. The summed E-state index contributed by atoms with van der Waals surface area (Å²) in [5.41, 5.74) is 8.75. The van der Waals surface area contributed by atoms with Crippen molar-refractivity contribution < 1.29 is 13.2 Å². The van der Waals surface area contributed by atoms with Crippen molar-refractivity contribution in [2.75, 3.05) is 18.0 Å². The molecule has 0 saturated heterocycles. The van der Waals surface area contributed by atoms with Gasteiger partial charge in [0, 0.05) is 12.6 Å². The first-order valence-electron chi connectivity index (χ1n) is 7.94. The summed E-state index contributed by atoms with van der Waals surface area (Å²) in [5, 5.41) is 0. The smallest absolute Gasteiger partial charge is 0.264 e. The van der Waals surface area contributed by atoms with Gasteiger partial charge in [-0.25, -0.2) is 8.42 Å². The van der Waals surface area contributed by atoms with Crippen LogP contribution < -0.4 is 14.8 Å². The van der Waals surface area contributed by atoms with Crippen molar-refractivity contribution in [3.8, 4) is 5.75 Å². The molecule has 0 spiro atoms. The molecule has 0 aliphatic carbocycles. The minimum atomic E-state index is -3.62. The first kappa shape index (κ1) is 16.8. The Morgan fingerprint density at radius 2 is 1.88 bits per heavy atom. The van der Waals surface area contributed by atoms with Gasteiger partial charge in [0.15, 0.2) is 0 Å². The summed E-state index contributed by atoms with van der Waals surface area (Å²) in [5.74, 6) is 0.704. The highest BCUT2D eigenvalue weighted by Gasteiger charge is 2.30. The number of nitrogens with two attached hydrogens (primary N) is 1. The zero-order valence-corrected chi connectivity index (χ0v) is 14.7. The van der Waals surface area contributed by atoms with E-state index in [1.165, 1.54) is 4.31 Å². The fraction of sp³-hybridized carbons (Fsp3) is 0.333. The Kier molecular flexibility index (Phi) is 4.51. The second-order valence-corrected chi connectivity index (χ2v) is 8.00. The van der Waals surface area contributed by atoms with E-state index in [9.17, 15) is 8.42 Å². The molecule has 1 aliphatic rings. The van der Waals surface area contributed by atoms with Crippen LogP contribution in [0.15, 0.2) is 47.4 Å². The molecule has 1 atom stereocenters. The molecule has 0 bridgehead atoms. The van der Waals surface area contributed by atoms with Gasteiger partial charge in [-0.2, -0.15) is 0 Å². The molecule has 3 rings (SSSR count). The third-order valence-electron chi connectivity index (χ3n) is 4.35. The van der Waals surface area contributed by atoms with E-state index < -0.39 is 10.0 Å². The van der Waals surface area contributed by atoms with Gasteiger partial charge in [0.1, 0.15) is 5.75 Å². The molecule has 0 aromatic heterocycles. The molecule has 0 saturated carbocycles. The average molecular weight is 346 g/mol. The quantitative estimate of drug-likeness (QED) is 0.927. The highest BCUT2D eigenvalue weighted by atomic mass is 32.2. The second-order valence-electron chi connectivity index (χ2n) is 6.14. The van der Waals surface area contributed by atoms with Crippen LogP contribution in [0.3, 0.4) is 0 Å². The van der Waals surface area contributed by atoms with Crippen molar-refractivity contribution in [2.45, 2.75) is 30.7 Å². The van der Waals surface area contributed by atoms with Gasteiger partial charge < -0.3 is 10.5 Å². The number of ether oxygens (including phenoxy) is 1. The van der Waals surface area contributed by atoms with E-state index in [0.717, 1.165) is 11.1 Å². The molecule has 1 heterocycles. The molecule has 2 N–H and O–H groups in total. The molecule has 0 amide bonds. The van der Waals surface area contributed by atoms with Gasteiger partial charge in [0.25, 0.3) is 10.0 Å². The van der Waals surface area contributed by atoms with Crippen molar-refractivity contribution in [1.29, 1.82) is 0 Å². The summed E-state index contributed by atoms with van der Waals surface area (Å²) >= 11 is 0. The van der Waals surface area contributed by atoms with Crippen molar-refractivity contribution in [3.05, 3.63) is 53.6 Å². The van der Waals surface area contributed by atoms with Gasteiger partial charge >= 0.3 is 0 Å². The Balaban J connectivity index is 2.09. The molecule has 24 heavy (non-hydrogen) atoms. The third kappa shape index (κ3) is 3.12. The third-order valence-corrected chi connectivity index (χ3v) is 6.18. The van der Waals surface area contributed by atoms with E-state index in [1.807, 2.05) is 25.1 Å². The van der Waals surface area contributed by atoms with E-state index in [-0.39, 0.29) is 6.04 Å². The number of fused-ring (bicyclic) bond motifs is 1. The minimum Gasteiger partial charge on any atom is -0.497 e. The van der Waals surface area contributed by atoms with Gasteiger partial charge in [-0.05, 0) is 55.7 Å². The SMILES string of the molecule is COc1ccc2c(c1)CC(N)CCN2S(=O)(=O)c1ccc(C)cc1. The van der Waals surface area contributed by atoms with E-state index >= 15 is 0 Å². The maximum atomic E-state index is 13.1. The molecule has 6 heteroatoms. The number of rotatable bonds is 3. The van der Waals surface area contributed by atoms with Crippen LogP contribution in [-0.2, 0) is 16.4 Å². The number of aryl methyl sites for hydroxylation is 1. The standard InChI is InChI=1S/C18H22N2O3S/c1-13-3-6-17(7-4-13)24(21,22)20-10-9-15(19)11-14-12-16(23-2)5-8-18(14)20/h3-8,12,15H,9-11,19H2,1-2H3. The van der Waals surface area contributed by atoms with Crippen LogP contribution in [0.5, 0.6) is 5.75 Å². The predicted molar refractivity (Wildman–Crippen MR) is 95.0 cm³/mol. The van der Waals surface area contributed by atoms with Crippen molar-refractivity contribution in [1.82, 2.24) is 0 Å². The van der Waals surface area contributed by atoms with Crippen LogP contribution >= 0.6 is 0 Å². The fourth-order valence-corrected chi connectivity index (χ4v) is 4.49. The second kappa shape index (κ2) is 6.45. The Hall–Kier alpha value is -2.05. The van der Waals surface area contributed by atoms with E-state index in [0.29, 0.717) is 35.7 Å². The molecule has 1 aliphatic heterocycles. The Morgan fingerprint density at radius 1 is 1.17 bits per heavy atom. The molecule has 128 valence electrons. The summed E-state index contributed by atoms with van der Waals surface area (Å²) in [6.07, 6.45) is 1.24. The lowest BCUT2D eigenvalue weighted by Gasteiger charge is -2.25. The highest BCUT2D eigenvalue weighted by molar-refractivity contribution is 7.92. The number of hydrogen-bond acceptors (Lipinski definition) is 4. The molecular formula is C18H22N2O3S. The van der Waals surface area contributed by atoms with Crippen LogP contribution in [0.2, 0.25) is 0 Å². The summed E-state index contributed by atoms with van der Waals surface area (Å²) in [7, 11) is -2.03. The lowest BCUT2D eigenvalue weighted by molar-refractivity contribution is 0.414. The average Bonchev–Trinajstić information content (AvgIpc) is 2.72. The normalized spacial score (nSPS) is 18.0. The first-order chi connectivity index (χ1) is 11.4. The zero-order valence-electron chi connectivity index (χ0n) is 13.9. The molecule has 0 radical (unpaired) electrons.